The third kappa shape index (κ3) is 3.96. The Kier molecular flexibility index (Phi) is 4.72. The van der Waals surface area contributed by atoms with Crippen molar-refractivity contribution in [2.75, 3.05) is 16.8 Å². The molecule has 28 heavy (non-hydrogen) atoms. The fourth-order valence-corrected chi connectivity index (χ4v) is 4.88. The third-order valence-electron chi connectivity index (χ3n) is 4.69. The van der Waals surface area contributed by atoms with E-state index >= 15 is 0 Å². The molecule has 2 heterocycles. The number of para-hydroxylation sites is 1. The molecular formula is C20H20N4O3S. The van der Waals surface area contributed by atoms with Gasteiger partial charge < -0.3 is 10.6 Å². The smallest absolute Gasteiger partial charge is 0.289 e. The highest BCUT2D eigenvalue weighted by atomic mass is 32.2. The van der Waals surface area contributed by atoms with Crippen molar-refractivity contribution in [2.45, 2.75) is 19.4 Å². The number of sulfone groups is 1. The Morgan fingerprint density at radius 2 is 1.82 bits per heavy atom. The highest BCUT2D eigenvalue weighted by Crippen LogP contribution is 2.24. The number of hydrogen-bond donors (Lipinski definition) is 2. The molecule has 8 heteroatoms. The van der Waals surface area contributed by atoms with E-state index in [1.54, 1.807) is 0 Å². The van der Waals surface area contributed by atoms with E-state index < -0.39 is 21.8 Å². The molecule has 1 amide bonds. The maximum atomic E-state index is 12.6. The molecule has 0 spiro atoms. The molecule has 2 aromatic carbocycles. The summed E-state index contributed by atoms with van der Waals surface area (Å²) >= 11 is 0. The molecule has 0 aliphatic carbocycles. The number of nitrogens with one attached hydrogen (secondary N) is 2. The van der Waals surface area contributed by atoms with Crippen LogP contribution < -0.4 is 10.6 Å². The van der Waals surface area contributed by atoms with E-state index in [1.165, 1.54) is 0 Å². The molecular weight excluding hydrogens is 376 g/mol. The summed E-state index contributed by atoms with van der Waals surface area (Å²) in [6.45, 7) is 2.01. The number of rotatable bonds is 4. The van der Waals surface area contributed by atoms with Crippen LogP contribution in [-0.2, 0) is 9.84 Å². The van der Waals surface area contributed by atoms with Crippen molar-refractivity contribution in [3.05, 3.63) is 59.9 Å². The van der Waals surface area contributed by atoms with Gasteiger partial charge >= 0.3 is 0 Å². The first-order valence-corrected chi connectivity index (χ1v) is 10.8. The largest absolute Gasteiger partial charge is 0.346 e. The average Bonchev–Trinajstić information content (AvgIpc) is 3.01. The van der Waals surface area contributed by atoms with Gasteiger partial charge in [0.1, 0.15) is 5.82 Å². The summed E-state index contributed by atoms with van der Waals surface area (Å²) < 4.78 is 23.2. The highest BCUT2D eigenvalue weighted by molar-refractivity contribution is 7.91. The molecule has 1 saturated heterocycles. The lowest BCUT2D eigenvalue weighted by molar-refractivity contribution is 0.0931. The molecule has 1 aliphatic heterocycles. The summed E-state index contributed by atoms with van der Waals surface area (Å²) in [4.78, 5) is 21.4. The Labute approximate surface area is 163 Å². The third-order valence-corrected chi connectivity index (χ3v) is 6.46. The second-order valence-corrected chi connectivity index (χ2v) is 9.21. The number of amides is 1. The van der Waals surface area contributed by atoms with E-state index in [0.29, 0.717) is 17.8 Å². The van der Waals surface area contributed by atoms with Gasteiger partial charge in [0.2, 0.25) is 5.82 Å². The maximum Gasteiger partial charge on any atom is 0.289 e. The van der Waals surface area contributed by atoms with Crippen LogP contribution in [-0.4, -0.2) is 41.8 Å². The summed E-state index contributed by atoms with van der Waals surface area (Å²) in [7, 11) is -3.08. The molecule has 1 unspecified atom stereocenters. The molecule has 0 saturated carbocycles. The minimum Gasteiger partial charge on any atom is -0.346 e. The van der Waals surface area contributed by atoms with Crippen LogP contribution in [0.2, 0.25) is 0 Å². The number of anilines is 2. The number of fused-ring (bicyclic) bond motifs is 1. The molecule has 0 bridgehead atoms. The van der Waals surface area contributed by atoms with E-state index in [4.69, 9.17) is 0 Å². The van der Waals surface area contributed by atoms with Gasteiger partial charge in [-0.15, -0.1) is 0 Å². The van der Waals surface area contributed by atoms with E-state index in [-0.39, 0.29) is 17.3 Å². The average molecular weight is 396 g/mol. The van der Waals surface area contributed by atoms with Gasteiger partial charge in [0.05, 0.1) is 17.0 Å². The first-order valence-electron chi connectivity index (χ1n) is 9.01. The summed E-state index contributed by atoms with van der Waals surface area (Å²) in [6, 6.07) is 14.9. The predicted molar refractivity (Wildman–Crippen MR) is 109 cm³/mol. The quantitative estimate of drug-likeness (QED) is 0.703. The standard InChI is InChI=1S/C20H20N4O3S/c1-13-6-8-14(9-7-13)21-18-16-4-2-3-5-17(16)23-19(24-18)20(25)22-15-10-11-28(26,27)12-15/h2-9,15H,10-12H2,1H3,(H,22,25)(H,21,23,24). The number of aromatic nitrogens is 2. The van der Waals surface area contributed by atoms with Crippen LogP contribution in [0, 0.1) is 6.92 Å². The number of aryl methyl sites for hydroxylation is 1. The topological polar surface area (TPSA) is 101 Å². The Morgan fingerprint density at radius 1 is 1.07 bits per heavy atom. The molecule has 144 valence electrons. The van der Waals surface area contributed by atoms with Gasteiger partial charge in [0.25, 0.3) is 5.91 Å². The van der Waals surface area contributed by atoms with E-state index in [2.05, 4.69) is 20.6 Å². The zero-order valence-corrected chi connectivity index (χ0v) is 16.2. The van der Waals surface area contributed by atoms with Crippen molar-refractivity contribution in [1.82, 2.24) is 15.3 Å². The molecule has 1 fully saturated rings. The predicted octanol–water partition coefficient (Wildman–Crippen LogP) is 2.60. The highest BCUT2D eigenvalue weighted by Gasteiger charge is 2.30. The number of benzene rings is 2. The van der Waals surface area contributed by atoms with Gasteiger partial charge in [-0.25, -0.2) is 18.4 Å². The van der Waals surface area contributed by atoms with Crippen molar-refractivity contribution in [1.29, 1.82) is 0 Å². The van der Waals surface area contributed by atoms with Crippen LogP contribution >= 0.6 is 0 Å². The molecule has 1 atom stereocenters. The minimum atomic E-state index is -3.08. The Morgan fingerprint density at radius 3 is 2.54 bits per heavy atom. The van der Waals surface area contributed by atoms with Crippen LogP contribution in [0.3, 0.4) is 0 Å². The molecule has 3 aromatic rings. The summed E-state index contributed by atoms with van der Waals surface area (Å²) in [5.41, 5.74) is 2.63. The second kappa shape index (κ2) is 7.20. The molecule has 1 aromatic heterocycles. The van der Waals surface area contributed by atoms with Gasteiger partial charge in [0.15, 0.2) is 9.84 Å². The van der Waals surface area contributed by atoms with E-state index in [0.717, 1.165) is 16.6 Å². The lowest BCUT2D eigenvalue weighted by atomic mass is 10.2. The molecule has 0 radical (unpaired) electrons. The van der Waals surface area contributed by atoms with Crippen molar-refractivity contribution in [2.24, 2.45) is 0 Å². The Bertz CT molecular complexity index is 1140. The molecule has 4 rings (SSSR count). The van der Waals surface area contributed by atoms with Gasteiger partial charge in [-0.05, 0) is 37.6 Å². The summed E-state index contributed by atoms with van der Waals surface area (Å²) in [6.07, 6.45) is 0.413. The molecule has 7 nitrogen and oxygen atoms in total. The van der Waals surface area contributed by atoms with Crippen molar-refractivity contribution in [3.63, 3.8) is 0 Å². The first kappa shape index (κ1) is 18.4. The normalized spacial score (nSPS) is 18.1. The number of carbonyl (C=O) groups is 1. The molecule has 1 aliphatic rings. The number of hydrogen-bond acceptors (Lipinski definition) is 6. The molecule has 2 N–H and O–H groups in total. The van der Waals surface area contributed by atoms with Crippen LogP contribution in [0.5, 0.6) is 0 Å². The van der Waals surface area contributed by atoms with Gasteiger partial charge in [-0.2, -0.15) is 0 Å². The number of carbonyl (C=O) groups excluding carboxylic acids is 1. The van der Waals surface area contributed by atoms with Gasteiger partial charge in [-0.3, -0.25) is 4.79 Å². The van der Waals surface area contributed by atoms with Gasteiger partial charge in [-0.1, -0.05) is 29.8 Å². The Hall–Kier alpha value is -3.00. The van der Waals surface area contributed by atoms with E-state index in [1.807, 2.05) is 55.5 Å². The zero-order valence-electron chi connectivity index (χ0n) is 15.3. The maximum absolute atomic E-state index is 12.6. The Balaban J connectivity index is 1.65. The first-order chi connectivity index (χ1) is 13.4. The van der Waals surface area contributed by atoms with Crippen LogP contribution in [0.4, 0.5) is 11.5 Å². The fourth-order valence-electron chi connectivity index (χ4n) is 3.21. The van der Waals surface area contributed by atoms with Gasteiger partial charge in [0, 0.05) is 17.1 Å². The van der Waals surface area contributed by atoms with E-state index in [9.17, 15) is 13.2 Å². The SMILES string of the molecule is Cc1ccc(Nc2nc(C(=O)NC3CCS(=O)(=O)C3)nc3ccccc23)cc1. The number of nitrogens with zero attached hydrogens (tertiary/aromatic N) is 2. The fraction of sp³-hybridized carbons (Fsp3) is 0.250. The van der Waals surface area contributed by atoms with Crippen molar-refractivity contribution < 1.29 is 13.2 Å². The minimum absolute atomic E-state index is 0.0117. The lowest BCUT2D eigenvalue weighted by Gasteiger charge is -2.13. The van der Waals surface area contributed by atoms with Crippen molar-refractivity contribution >= 4 is 38.2 Å². The van der Waals surface area contributed by atoms with Crippen LogP contribution in [0.15, 0.2) is 48.5 Å². The van der Waals surface area contributed by atoms with Crippen LogP contribution in [0.1, 0.15) is 22.6 Å². The lowest BCUT2D eigenvalue weighted by Crippen LogP contribution is -2.36. The summed E-state index contributed by atoms with van der Waals surface area (Å²) in [5, 5.41) is 6.79. The summed E-state index contributed by atoms with van der Waals surface area (Å²) in [5.74, 6) is 0.119. The zero-order chi connectivity index (χ0) is 19.7. The second-order valence-electron chi connectivity index (χ2n) is 6.98. The van der Waals surface area contributed by atoms with Crippen LogP contribution in [0.25, 0.3) is 10.9 Å². The van der Waals surface area contributed by atoms with Crippen molar-refractivity contribution in [3.8, 4) is 0 Å². The monoisotopic (exact) mass is 396 g/mol.